The van der Waals surface area contributed by atoms with Crippen LogP contribution in [0.4, 0.5) is 0 Å². The van der Waals surface area contributed by atoms with Crippen LogP contribution in [-0.2, 0) is 19.5 Å². The molecular formula is C17H19N3O. The highest BCUT2D eigenvalue weighted by Gasteiger charge is 2.17. The van der Waals surface area contributed by atoms with E-state index in [-0.39, 0.29) is 5.84 Å². The zero-order valence-electron chi connectivity index (χ0n) is 11.9. The van der Waals surface area contributed by atoms with Crippen LogP contribution in [0.25, 0.3) is 0 Å². The summed E-state index contributed by atoms with van der Waals surface area (Å²) in [6.45, 7) is 2.78. The Morgan fingerprint density at radius 1 is 1.10 bits per heavy atom. The molecule has 4 nitrogen and oxygen atoms in total. The van der Waals surface area contributed by atoms with Crippen molar-refractivity contribution in [2.24, 2.45) is 10.9 Å². The number of fused-ring (bicyclic) bond motifs is 1. The van der Waals surface area contributed by atoms with Gasteiger partial charge in [-0.15, -0.1) is 0 Å². The number of benzene rings is 2. The van der Waals surface area contributed by atoms with E-state index in [9.17, 15) is 0 Å². The third-order valence-corrected chi connectivity index (χ3v) is 4.00. The Bertz CT molecular complexity index is 667. The highest BCUT2D eigenvalue weighted by atomic mass is 16.4. The van der Waals surface area contributed by atoms with Gasteiger partial charge in [0.1, 0.15) is 0 Å². The SMILES string of the molecule is N/C(=N\O)c1ccccc1CN1CCc2ccccc2C1. The molecule has 2 aromatic carbocycles. The Kier molecular flexibility index (Phi) is 3.88. The highest BCUT2D eigenvalue weighted by molar-refractivity contribution is 5.98. The van der Waals surface area contributed by atoms with E-state index in [0.717, 1.165) is 37.2 Å². The Labute approximate surface area is 124 Å². The van der Waals surface area contributed by atoms with Crippen molar-refractivity contribution in [3.05, 3.63) is 70.8 Å². The van der Waals surface area contributed by atoms with Crippen LogP contribution < -0.4 is 5.73 Å². The van der Waals surface area contributed by atoms with Crippen LogP contribution in [0.3, 0.4) is 0 Å². The van der Waals surface area contributed by atoms with E-state index >= 15 is 0 Å². The predicted molar refractivity (Wildman–Crippen MR) is 83.2 cm³/mol. The van der Waals surface area contributed by atoms with Gasteiger partial charge < -0.3 is 10.9 Å². The van der Waals surface area contributed by atoms with E-state index in [0.29, 0.717) is 0 Å². The van der Waals surface area contributed by atoms with E-state index in [1.807, 2.05) is 24.3 Å². The van der Waals surface area contributed by atoms with Gasteiger partial charge in [-0.1, -0.05) is 53.7 Å². The number of amidine groups is 1. The molecule has 21 heavy (non-hydrogen) atoms. The fourth-order valence-corrected chi connectivity index (χ4v) is 2.89. The maximum atomic E-state index is 8.90. The first-order valence-electron chi connectivity index (χ1n) is 7.13. The second-order valence-corrected chi connectivity index (χ2v) is 5.37. The van der Waals surface area contributed by atoms with Crippen LogP contribution in [0.5, 0.6) is 0 Å². The van der Waals surface area contributed by atoms with Crippen molar-refractivity contribution in [3.63, 3.8) is 0 Å². The number of nitrogens with two attached hydrogens (primary N) is 1. The lowest BCUT2D eigenvalue weighted by Gasteiger charge is -2.29. The smallest absolute Gasteiger partial charge is 0.170 e. The van der Waals surface area contributed by atoms with Gasteiger partial charge in [0.05, 0.1) is 0 Å². The summed E-state index contributed by atoms with van der Waals surface area (Å²) >= 11 is 0. The quantitative estimate of drug-likeness (QED) is 0.393. The van der Waals surface area contributed by atoms with Gasteiger partial charge in [-0.25, -0.2) is 0 Å². The Hall–Kier alpha value is -2.33. The van der Waals surface area contributed by atoms with Gasteiger partial charge >= 0.3 is 0 Å². The molecule has 0 fully saturated rings. The minimum atomic E-state index is 0.169. The van der Waals surface area contributed by atoms with Crippen LogP contribution in [0, 0.1) is 0 Å². The molecule has 1 aliphatic rings. The van der Waals surface area contributed by atoms with Crippen LogP contribution in [-0.4, -0.2) is 22.5 Å². The molecule has 0 saturated carbocycles. The molecule has 0 unspecified atom stereocenters. The molecule has 0 atom stereocenters. The van der Waals surface area contributed by atoms with E-state index in [1.165, 1.54) is 11.1 Å². The Balaban J connectivity index is 1.80. The molecule has 0 aromatic heterocycles. The Morgan fingerprint density at radius 2 is 1.81 bits per heavy atom. The van der Waals surface area contributed by atoms with E-state index in [1.54, 1.807) is 0 Å². The van der Waals surface area contributed by atoms with Gasteiger partial charge in [0.15, 0.2) is 5.84 Å². The molecule has 0 spiro atoms. The van der Waals surface area contributed by atoms with Gasteiger partial charge in [-0.3, -0.25) is 4.90 Å². The van der Waals surface area contributed by atoms with Crippen molar-refractivity contribution < 1.29 is 5.21 Å². The van der Waals surface area contributed by atoms with Crippen molar-refractivity contribution >= 4 is 5.84 Å². The summed E-state index contributed by atoms with van der Waals surface area (Å²) in [6, 6.07) is 16.4. The molecule has 3 N–H and O–H groups in total. The van der Waals surface area contributed by atoms with Crippen LogP contribution in [0.15, 0.2) is 53.7 Å². The molecule has 3 rings (SSSR count). The minimum Gasteiger partial charge on any atom is -0.409 e. The van der Waals surface area contributed by atoms with Gasteiger partial charge in [0.2, 0.25) is 0 Å². The summed E-state index contributed by atoms with van der Waals surface area (Å²) < 4.78 is 0. The Morgan fingerprint density at radius 3 is 2.62 bits per heavy atom. The molecular weight excluding hydrogens is 262 g/mol. The van der Waals surface area contributed by atoms with Gasteiger partial charge in [-0.2, -0.15) is 0 Å². The van der Waals surface area contributed by atoms with Crippen molar-refractivity contribution in [3.8, 4) is 0 Å². The van der Waals surface area contributed by atoms with Crippen LogP contribution in [0.1, 0.15) is 22.3 Å². The number of oxime groups is 1. The number of rotatable bonds is 3. The summed E-state index contributed by atoms with van der Waals surface area (Å²) in [5.41, 5.74) is 10.5. The first-order valence-corrected chi connectivity index (χ1v) is 7.13. The molecule has 2 aromatic rings. The third-order valence-electron chi connectivity index (χ3n) is 4.00. The fraction of sp³-hybridized carbons (Fsp3) is 0.235. The molecule has 4 heteroatoms. The van der Waals surface area contributed by atoms with Gasteiger partial charge in [0.25, 0.3) is 0 Å². The number of hydrogen-bond acceptors (Lipinski definition) is 3. The lowest BCUT2D eigenvalue weighted by molar-refractivity contribution is 0.245. The van der Waals surface area contributed by atoms with E-state index in [2.05, 4.69) is 34.3 Å². The molecule has 1 heterocycles. The van der Waals surface area contributed by atoms with E-state index in [4.69, 9.17) is 10.9 Å². The topological polar surface area (TPSA) is 61.9 Å². The second-order valence-electron chi connectivity index (χ2n) is 5.37. The molecule has 0 saturated heterocycles. The van der Waals surface area contributed by atoms with Crippen molar-refractivity contribution in [2.75, 3.05) is 6.54 Å². The summed E-state index contributed by atoms with van der Waals surface area (Å²) in [7, 11) is 0. The second kappa shape index (κ2) is 5.97. The summed E-state index contributed by atoms with van der Waals surface area (Å²) in [6.07, 6.45) is 1.07. The monoisotopic (exact) mass is 281 g/mol. The molecule has 1 aliphatic heterocycles. The van der Waals surface area contributed by atoms with Crippen molar-refractivity contribution in [1.29, 1.82) is 0 Å². The summed E-state index contributed by atoms with van der Waals surface area (Å²) in [5, 5.41) is 12.0. The van der Waals surface area contributed by atoms with Crippen molar-refractivity contribution in [2.45, 2.75) is 19.5 Å². The van der Waals surface area contributed by atoms with Gasteiger partial charge in [-0.05, 0) is 23.1 Å². The fourth-order valence-electron chi connectivity index (χ4n) is 2.89. The lowest BCUT2D eigenvalue weighted by atomic mass is 9.98. The molecule has 0 amide bonds. The standard InChI is InChI=1S/C17H19N3O/c18-17(19-21)16-8-4-3-7-15(16)12-20-10-9-13-5-1-2-6-14(13)11-20/h1-8,21H,9-12H2,(H2,18,19). The van der Waals surface area contributed by atoms with Crippen molar-refractivity contribution in [1.82, 2.24) is 4.90 Å². The van der Waals surface area contributed by atoms with Crippen LogP contribution >= 0.6 is 0 Å². The summed E-state index contributed by atoms with van der Waals surface area (Å²) in [5.74, 6) is 0.169. The molecule has 0 aliphatic carbocycles. The van der Waals surface area contributed by atoms with Crippen LogP contribution in [0.2, 0.25) is 0 Å². The number of hydrogen-bond donors (Lipinski definition) is 2. The minimum absolute atomic E-state index is 0.169. The van der Waals surface area contributed by atoms with Gasteiger partial charge in [0, 0.05) is 25.2 Å². The maximum absolute atomic E-state index is 8.90. The average Bonchev–Trinajstić information content (AvgIpc) is 2.54. The average molecular weight is 281 g/mol. The first-order chi connectivity index (χ1) is 10.3. The maximum Gasteiger partial charge on any atom is 0.170 e. The lowest BCUT2D eigenvalue weighted by Crippen LogP contribution is -2.31. The first kappa shape index (κ1) is 13.6. The largest absolute Gasteiger partial charge is 0.409 e. The normalized spacial score (nSPS) is 15.7. The number of nitrogens with zero attached hydrogens (tertiary/aromatic N) is 2. The summed E-state index contributed by atoms with van der Waals surface area (Å²) in [4.78, 5) is 2.39. The molecule has 0 radical (unpaired) electrons. The molecule has 108 valence electrons. The zero-order valence-corrected chi connectivity index (χ0v) is 11.9. The van der Waals surface area contributed by atoms with E-state index < -0.39 is 0 Å². The predicted octanol–water partition coefficient (Wildman–Crippen LogP) is 2.34. The third kappa shape index (κ3) is 2.90. The molecule has 0 bridgehead atoms. The highest BCUT2D eigenvalue weighted by Crippen LogP contribution is 2.21. The zero-order chi connectivity index (χ0) is 14.7.